The Balaban J connectivity index is 1.74. The van der Waals surface area contributed by atoms with Gasteiger partial charge in [0.2, 0.25) is 0 Å². The van der Waals surface area contributed by atoms with Crippen LogP contribution in [0.25, 0.3) is 0 Å². The fourth-order valence-electron chi connectivity index (χ4n) is 2.77. The third kappa shape index (κ3) is 2.16. The maximum Gasteiger partial charge on any atom is 0.126 e. The molecule has 1 aromatic heterocycles. The maximum absolute atomic E-state index is 13.7. The summed E-state index contributed by atoms with van der Waals surface area (Å²) in [5.41, 5.74) is 4.36. The molecule has 0 spiro atoms. The first-order valence-corrected chi connectivity index (χ1v) is 6.65. The van der Waals surface area contributed by atoms with Crippen molar-refractivity contribution in [1.29, 1.82) is 0 Å². The van der Waals surface area contributed by atoms with Gasteiger partial charge in [0.25, 0.3) is 0 Å². The van der Waals surface area contributed by atoms with Crippen molar-refractivity contribution >= 4 is 0 Å². The molecule has 0 saturated carbocycles. The second-order valence-corrected chi connectivity index (χ2v) is 5.16. The molecule has 1 aliphatic carbocycles. The van der Waals surface area contributed by atoms with E-state index in [1.165, 1.54) is 11.3 Å². The fourth-order valence-corrected chi connectivity index (χ4v) is 2.77. The van der Waals surface area contributed by atoms with E-state index in [2.05, 4.69) is 17.3 Å². The zero-order valence-corrected chi connectivity index (χ0v) is 11.3. The zero-order chi connectivity index (χ0) is 13.4. The molecule has 19 heavy (non-hydrogen) atoms. The van der Waals surface area contributed by atoms with Crippen LogP contribution in [0.5, 0.6) is 0 Å². The van der Waals surface area contributed by atoms with Gasteiger partial charge < -0.3 is 5.32 Å². The predicted molar refractivity (Wildman–Crippen MR) is 72.2 cm³/mol. The van der Waals surface area contributed by atoms with Crippen LogP contribution in [0.1, 0.15) is 34.8 Å². The van der Waals surface area contributed by atoms with E-state index in [-0.39, 0.29) is 11.9 Å². The SMILES string of the molecule is Cc1c(CNC2CCc3c(F)cccc32)cnn1C. The molecule has 0 radical (unpaired) electrons. The summed E-state index contributed by atoms with van der Waals surface area (Å²) in [5.74, 6) is -0.0700. The standard InChI is InChI=1S/C15H18FN3/c1-10-11(9-18-19(10)2)8-17-15-7-6-12-13(15)4-3-5-14(12)16/h3-5,9,15,17H,6-8H2,1-2H3. The molecule has 1 N–H and O–H groups in total. The number of aromatic nitrogens is 2. The van der Waals surface area contributed by atoms with Crippen molar-refractivity contribution in [2.45, 2.75) is 32.4 Å². The highest BCUT2D eigenvalue weighted by Crippen LogP contribution is 2.32. The summed E-state index contributed by atoms with van der Waals surface area (Å²) in [5, 5.41) is 7.75. The monoisotopic (exact) mass is 259 g/mol. The van der Waals surface area contributed by atoms with Gasteiger partial charge in [0.15, 0.2) is 0 Å². The minimum Gasteiger partial charge on any atom is -0.306 e. The lowest BCUT2D eigenvalue weighted by Gasteiger charge is -2.14. The van der Waals surface area contributed by atoms with Gasteiger partial charge in [-0.1, -0.05) is 12.1 Å². The van der Waals surface area contributed by atoms with Gasteiger partial charge in [-0.25, -0.2) is 4.39 Å². The van der Waals surface area contributed by atoms with Crippen LogP contribution < -0.4 is 5.32 Å². The Bertz CT molecular complexity index is 603. The van der Waals surface area contributed by atoms with Gasteiger partial charge in [0.05, 0.1) is 6.20 Å². The van der Waals surface area contributed by atoms with Gasteiger partial charge in [0, 0.05) is 30.9 Å². The van der Waals surface area contributed by atoms with E-state index in [4.69, 9.17) is 0 Å². The first-order chi connectivity index (χ1) is 9.16. The topological polar surface area (TPSA) is 29.9 Å². The molecular formula is C15H18FN3. The van der Waals surface area contributed by atoms with Crippen LogP contribution in [0, 0.1) is 12.7 Å². The van der Waals surface area contributed by atoms with Gasteiger partial charge in [-0.15, -0.1) is 0 Å². The second kappa shape index (κ2) is 4.78. The van der Waals surface area contributed by atoms with E-state index in [1.54, 1.807) is 12.1 Å². The largest absolute Gasteiger partial charge is 0.306 e. The number of nitrogens with one attached hydrogen (secondary N) is 1. The van der Waals surface area contributed by atoms with Crippen LogP contribution in [-0.4, -0.2) is 9.78 Å². The van der Waals surface area contributed by atoms with E-state index in [9.17, 15) is 4.39 Å². The van der Waals surface area contributed by atoms with Crippen molar-refractivity contribution in [3.63, 3.8) is 0 Å². The van der Waals surface area contributed by atoms with Crippen molar-refractivity contribution in [3.8, 4) is 0 Å². The normalized spacial score (nSPS) is 17.7. The van der Waals surface area contributed by atoms with Crippen molar-refractivity contribution in [2.75, 3.05) is 0 Å². The molecule has 1 aliphatic rings. The Hall–Kier alpha value is -1.68. The molecule has 4 heteroatoms. The number of hydrogen-bond donors (Lipinski definition) is 1. The summed E-state index contributed by atoms with van der Waals surface area (Å²) in [4.78, 5) is 0. The summed E-state index contributed by atoms with van der Waals surface area (Å²) in [6, 6.07) is 5.63. The van der Waals surface area contributed by atoms with E-state index in [0.717, 1.165) is 30.5 Å². The summed E-state index contributed by atoms with van der Waals surface area (Å²) in [6.07, 6.45) is 3.69. The number of hydrogen-bond acceptors (Lipinski definition) is 2. The second-order valence-electron chi connectivity index (χ2n) is 5.16. The first-order valence-electron chi connectivity index (χ1n) is 6.65. The average molecular weight is 259 g/mol. The molecule has 100 valence electrons. The number of halogens is 1. The quantitative estimate of drug-likeness (QED) is 0.918. The minimum absolute atomic E-state index is 0.0700. The summed E-state index contributed by atoms with van der Waals surface area (Å²) in [6.45, 7) is 2.84. The number of rotatable bonds is 3. The van der Waals surface area contributed by atoms with Crippen LogP contribution in [0.3, 0.4) is 0 Å². The first kappa shape index (κ1) is 12.4. The van der Waals surface area contributed by atoms with E-state index >= 15 is 0 Å². The van der Waals surface area contributed by atoms with E-state index in [0.29, 0.717) is 0 Å². The highest BCUT2D eigenvalue weighted by molar-refractivity contribution is 5.35. The Kier molecular flexibility index (Phi) is 3.11. The number of nitrogens with zero attached hydrogens (tertiary/aromatic N) is 2. The van der Waals surface area contributed by atoms with Crippen molar-refractivity contribution < 1.29 is 4.39 Å². The third-order valence-electron chi connectivity index (χ3n) is 4.09. The zero-order valence-electron chi connectivity index (χ0n) is 11.3. The van der Waals surface area contributed by atoms with Crippen molar-refractivity contribution in [1.82, 2.24) is 15.1 Å². The molecule has 3 nitrogen and oxygen atoms in total. The van der Waals surface area contributed by atoms with Gasteiger partial charge in [0.1, 0.15) is 5.82 Å². The smallest absolute Gasteiger partial charge is 0.126 e. The Morgan fingerprint density at radius 1 is 1.47 bits per heavy atom. The molecule has 0 saturated heterocycles. The lowest BCUT2D eigenvalue weighted by molar-refractivity contribution is 0.529. The van der Waals surface area contributed by atoms with Gasteiger partial charge in [-0.2, -0.15) is 5.10 Å². The van der Waals surface area contributed by atoms with Gasteiger partial charge in [-0.3, -0.25) is 4.68 Å². The van der Waals surface area contributed by atoms with Crippen molar-refractivity contribution in [2.24, 2.45) is 7.05 Å². The molecule has 0 bridgehead atoms. The Morgan fingerprint density at radius 2 is 2.32 bits per heavy atom. The van der Waals surface area contributed by atoms with Crippen LogP contribution >= 0.6 is 0 Å². The Morgan fingerprint density at radius 3 is 3.05 bits per heavy atom. The summed E-state index contributed by atoms with van der Waals surface area (Å²) < 4.78 is 15.5. The third-order valence-corrected chi connectivity index (χ3v) is 4.09. The molecule has 3 rings (SSSR count). The summed E-state index contributed by atoms with van der Waals surface area (Å²) in [7, 11) is 1.94. The lowest BCUT2D eigenvalue weighted by atomic mass is 10.1. The lowest BCUT2D eigenvalue weighted by Crippen LogP contribution is -2.19. The fraction of sp³-hybridized carbons (Fsp3) is 0.400. The highest BCUT2D eigenvalue weighted by atomic mass is 19.1. The van der Waals surface area contributed by atoms with Crippen LogP contribution in [0.2, 0.25) is 0 Å². The maximum atomic E-state index is 13.7. The molecule has 0 amide bonds. The van der Waals surface area contributed by atoms with Crippen molar-refractivity contribution in [3.05, 3.63) is 52.6 Å². The molecule has 1 atom stereocenters. The number of fused-ring (bicyclic) bond motifs is 1. The van der Waals surface area contributed by atoms with Crippen LogP contribution in [-0.2, 0) is 20.0 Å². The molecule has 0 aliphatic heterocycles. The van der Waals surface area contributed by atoms with Crippen LogP contribution in [0.4, 0.5) is 4.39 Å². The van der Waals surface area contributed by atoms with Gasteiger partial charge in [-0.05, 0) is 37.0 Å². The number of benzene rings is 1. The van der Waals surface area contributed by atoms with E-state index < -0.39 is 0 Å². The minimum atomic E-state index is -0.0700. The average Bonchev–Trinajstić information content (AvgIpc) is 2.95. The number of aryl methyl sites for hydroxylation is 1. The predicted octanol–water partition coefficient (Wildman–Crippen LogP) is 2.64. The van der Waals surface area contributed by atoms with Crippen LogP contribution in [0.15, 0.2) is 24.4 Å². The molecule has 0 fully saturated rings. The molecular weight excluding hydrogens is 241 g/mol. The molecule has 1 aromatic carbocycles. The van der Waals surface area contributed by atoms with E-state index in [1.807, 2.05) is 24.0 Å². The molecule has 1 unspecified atom stereocenters. The molecule has 2 aromatic rings. The molecule has 1 heterocycles. The Labute approximate surface area is 112 Å². The van der Waals surface area contributed by atoms with Gasteiger partial charge >= 0.3 is 0 Å². The highest BCUT2D eigenvalue weighted by Gasteiger charge is 2.24. The summed E-state index contributed by atoms with van der Waals surface area (Å²) >= 11 is 0.